The van der Waals surface area contributed by atoms with Crippen LogP contribution in [0.5, 0.6) is 11.5 Å². The molecule has 2 rings (SSSR count). The number of rotatable bonds is 9. The van der Waals surface area contributed by atoms with Crippen LogP contribution in [0.15, 0.2) is 23.0 Å². The van der Waals surface area contributed by atoms with Gasteiger partial charge in [-0.25, -0.2) is 0 Å². The van der Waals surface area contributed by atoms with Crippen molar-refractivity contribution in [1.29, 1.82) is 0 Å². The Labute approximate surface area is 146 Å². The number of aromatic hydroxyl groups is 1. The lowest BCUT2D eigenvalue weighted by Gasteiger charge is -2.14. The molecule has 25 heavy (non-hydrogen) atoms. The second-order valence-corrected chi connectivity index (χ2v) is 6.06. The van der Waals surface area contributed by atoms with Gasteiger partial charge >= 0.3 is 0 Å². The summed E-state index contributed by atoms with van der Waals surface area (Å²) in [5.41, 5.74) is -0.0908. The third-order valence-corrected chi connectivity index (χ3v) is 4.33. The molecule has 0 radical (unpaired) electrons. The highest BCUT2D eigenvalue weighted by molar-refractivity contribution is 5.89. The molecule has 2 aromatic rings. The van der Waals surface area contributed by atoms with Crippen molar-refractivity contribution >= 4 is 16.6 Å². The van der Waals surface area contributed by atoms with Gasteiger partial charge in [-0.05, 0) is 12.5 Å². The molecule has 1 N–H and O–H groups in total. The highest BCUT2D eigenvalue weighted by Crippen LogP contribution is 2.33. The summed E-state index contributed by atoms with van der Waals surface area (Å²) in [6.45, 7) is 2.64. The minimum Gasteiger partial charge on any atom is -0.504 e. The Morgan fingerprint density at radius 1 is 1.20 bits per heavy atom. The molecule has 0 saturated heterocycles. The van der Waals surface area contributed by atoms with E-state index in [9.17, 15) is 20.0 Å². The molecule has 1 heterocycles. The van der Waals surface area contributed by atoms with Crippen molar-refractivity contribution in [3.05, 3.63) is 38.7 Å². The molecule has 0 amide bonds. The predicted molar refractivity (Wildman–Crippen MR) is 96.5 cm³/mol. The number of aryl methyl sites for hydroxylation is 1. The summed E-state index contributed by atoms with van der Waals surface area (Å²) in [5.74, 6) is -0.538. The fourth-order valence-corrected chi connectivity index (χ4v) is 2.97. The van der Waals surface area contributed by atoms with Crippen LogP contribution in [0.3, 0.4) is 0 Å². The predicted octanol–water partition coefficient (Wildman–Crippen LogP) is 3.98. The van der Waals surface area contributed by atoms with Gasteiger partial charge in [0.05, 0.1) is 22.9 Å². The Morgan fingerprint density at radius 2 is 1.88 bits per heavy atom. The molecular formula is C18H24N2O5. The molecule has 0 aliphatic carbocycles. The lowest BCUT2D eigenvalue weighted by molar-refractivity contribution is -0.384. The normalized spacial score (nSPS) is 11.0. The van der Waals surface area contributed by atoms with E-state index in [4.69, 9.17) is 4.74 Å². The number of nitro benzene ring substituents is 1. The number of nitrogens with zero attached hydrogens (tertiary/aromatic N) is 2. The van der Waals surface area contributed by atoms with Crippen LogP contribution in [0.4, 0.5) is 5.69 Å². The molecule has 0 unspecified atom stereocenters. The summed E-state index contributed by atoms with van der Waals surface area (Å²) < 4.78 is 6.56. The first-order valence-corrected chi connectivity index (χ1v) is 8.59. The van der Waals surface area contributed by atoms with E-state index in [1.807, 2.05) is 0 Å². The molecule has 0 spiro atoms. The Morgan fingerprint density at radius 3 is 2.52 bits per heavy atom. The number of methoxy groups -OCH3 is 1. The molecule has 0 aliphatic heterocycles. The number of benzene rings is 1. The zero-order valence-electron chi connectivity index (χ0n) is 14.7. The highest BCUT2D eigenvalue weighted by atomic mass is 16.6. The van der Waals surface area contributed by atoms with E-state index >= 15 is 0 Å². The van der Waals surface area contributed by atoms with E-state index < -0.39 is 10.5 Å². The second-order valence-electron chi connectivity index (χ2n) is 6.06. The average molecular weight is 348 g/mol. The molecule has 136 valence electrons. The van der Waals surface area contributed by atoms with Crippen molar-refractivity contribution in [3.8, 4) is 11.5 Å². The third-order valence-electron chi connectivity index (χ3n) is 4.33. The van der Waals surface area contributed by atoms with E-state index in [0.29, 0.717) is 12.1 Å². The highest BCUT2D eigenvalue weighted by Gasteiger charge is 2.19. The zero-order chi connectivity index (χ0) is 18.4. The van der Waals surface area contributed by atoms with Crippen LogP contribution < -0.4 is 10.3 Å². The summed E-state index contributed by atoms with van der Waals surface area (Å²) >= 11 is 0. The minimum absolute atomic E-state index is 0.144. The van der Waals surface area contributed by atoms with Crippen LogP contribution >= 0.6 is 0 Å². The summed E-state index contributed by atoms with van der Waals surface area (Å²) in [6, 6.07) is 4.11. The van der Waals surface area contributed by atoms with Gasteiger partial charge in [-0.3, -0.25) is 14.9 Å². The first-order valence-electron chi connectivity index (χ1n) is 8.59. The molecule has 0 aliphatic rings. The summed E-state index contributed by atoms with van der Waals surface area (Å²) in [7, 11) is 1.30. The number of aromatic nitrogens is 1. The molecule has 1 aromatic carbocycles. The van der Waals surface area contributed by atoms with Crippen molar-refractivity contribution in [1.82, 2.24) is 4.57 Å². The van der Waals surface area contributed by atoms with Crippen molar-refractivity contribution in [2.45, 2.75) is 52.0 Å². The fourth-order valence-electron chi connectivity index (χ4n) is 2.97. The number of ether oxygens (including phenoxy) is 1. The maximum Gasteiger partial charge on any atom is 0.297 e. The molecular weight excluding hydrogens is 324 g/mol. The van der Waals surface area contributed by atoms with Gasteiger partial charge in [0.1, 0.15) is 0 Å². The van der Waals surface area contributed by atoms with Crippen LogP contribution in [0.2, 0.25) is 0 Å². The van der Waals surface area contributed by atoms with Crippen molar-refractivity contribution < 1.29 is 14.8 Å². The van der Waals surface area contributed by atoms with Gasteiger partial charge < -0.3 is 14.4 Å². The molecule has 0 fully saturated rings. The number of fused-ring (bicyclic) bond motifs is 1. The van der Waals surface area contributed by atoms with Gasteiger partial charge in [-0.2, -0.15) is 0 Å². The van der Waals surface area contributed by atoms with Crippen molar-refractivity contribution in [2.75, 3.05) is 7.11 Å². The molecule has 0 atom stereocenters. The van der Waals surface area contributed by atoms with Gasteiger partial charge in [-0.15, -0.1) is 0 Å². The summed E-state index contributed by atoms with van der Waals surface area (Å²) in [5, 5.41) is 21.5. The van der Waals surface area contributed by atoms with E-state index in [1.54, 1.807) is 0 Å². The smallest absolute Gasteiger partial charge is 0.297 e. The standard InChI is InChI=1S/C18H24N2O5/c1-3-4-5-6-7-8-11-19-15-10-9-13(20(23)24)12-14(15)16(21)17(25-2)18(19)22/h9-10,12,21H,3-8,11H2,1-2H3. The molecule has 0 bridgehead atoms. The largest absolute Gasteiger partial charge is 0.504 e. The maximum atomic E-state index is 12.6. The Balaban J connectivity index is 2.37. The quantitative estimate of drug-likeness (QED) is 0.420. The molecule has 1 aromatic heterocycles. The van der Waals surface area contributed by atoms with Gasteiger partial charge in [0.25, 0.3) is 11.2 Å². The van der Waals surface area contributed by atoms with Crippen LogP contribution in [-0.4, -0.2) is 21.7 Å². The van der Waals surface area contributed by atoms with Crippen LogP contribution in [0.1, 0.15) is 45.4 Å². The van der Waals surface area contributed by atoms with Gasteiger partial charge in [0, 0.05) is 18.7 Å². The number of pyridine rings is 1. The van der Waals surface area contributed by atoms with Crippen LogP contribution in [0.25, 0.3) is 10.9 Å². The molecule has 7 heteroatoms. The van der Waals surface area contributed by atoms with E-state index in [1.165, 1.54) is 49.1 Å². The Bertz CT molecular complexity index is 813. The summed E-state index contributed by atoms with van der Waals surface area (Å²) in [6.07, 6.45) is 6.50. The number of non-ortho nitro benzene ring substituents is 1. The number of unbranched alkanes of at least 4 members (excludes halogenated alkanes) is 5. The van der Waals surface area contributed by atoms with Crippen molar-refractivity contribution in [2.24, 2.45) is 0 Å². The lowest BCUT2D eigenvalue weighted by Crippen LogP contribution is -2.22. The van der Waals surface area contributed by atoms with E-state index in [0.717, 1.165) is 19.3 Å². The SMILES string of the molecule is CCCCCCCCn1c(=O)c(OC)c(O)c2cc([N+](=O)[O-])ccc21. The van der Waals surface area contributed by atoms with Crippen LogP contribution in [0, 0.1) is 10.1 Å². The van der Waals surface area contributed by atoms with E-state index in [2.05, 4.69) is 6.92 Å². The fraction of sp³-hybridized carbons (Fsp3) is 0.500. The summed E-state index contributed by atoms with van der Waals surface area (Å²) in [4.78, 5) is 23.0. The van der Waals surface area contributed by atoms with E-state index in [-0.39, 0.29) is 22.6 Å². The average Bonchev–Trinajstić information content (AvgIpc) is 2.60. The van der Waals surface area contributed by atoms with Crippen molar-refractivity contribution in [3.63, 3.8) is 0 Å². The minimum atomic E-state index is -0.533. The number of hydrogen-bond acceptors (Lipinski definition) is 5. The third kappa shape index (κ3) is 4.10. The second kappa shape index (κ2) is 8.50. The molecule has 7 nitrogen and oxygen atoms in total. The van der Waals surface area contributed by atoms with Gasteiger partial charge in [0.2, 0.25) is 5.75 Å². The lowest BCUT2D eigenvalue weighted by atomic mass is 10.1. The topological polar surface area (TPSA) is 94.6 Å². The van der Waals surface area contributed by atoms with Gasteiger partial charge in [0.15, 0.2) is 5.75 Å². The molecule has 0 saturated carbocycles. The zero-order valence-corrected chi connectivity index (χ0v) is 14.7. The van der Waals surface area contributed by atoms with Gasteiger partial charge in [-0.1, -0.05) is 39.0 Å². The first kappa shape index (κ1) is 18.8. The number of hydrogen-bond donors (Lipinski definition) is 1. The monoisotopic (exact) mass is 348 g/mol. The Kier molecular flexibility index (Phi) is 6.38. The first-order chi connectivity index (χ1) is 12.0. The Hall–Kier alpha value is -2.57. The maximum absolute atomic E-state index is 12.6. The number of nitro groups is 1. The van der Waals surface area contributed by atoms with Crippen LogP contribution in [-0.2, 0) is 6.54 Å².